The Hall–Kier alpha value is -2.71. The number of benzene rings is 1. The maximum Gasteiger partial charge on any atom is 0.276 e. The molecule has 7 nitrogen and oxygen atoms in total. The Balaban J connectivity index is 1.69. The molecule has 2 fully saturated rings. The quantitative estimate of drug-likeness (QED) is 0.580. The largest absolute Gasteiger partial charge is 0.378 e. The topological polar surface area (TPSA) is 58.0 Å². The van der Waals surface area contributed by atoms with E-state index in [0.717, 1.165) is 16.5 Å². The number of hydrogen-bond donors (Lipinski definition) is 0. The molecule has 1 aromatic heterocycles. The van der Waals surface area contributed by atoms with Crippen LogP contribution in [0.1, 0.15) is 5.56 Å². The van der Waals surface area contributed by atoms with Crippen LogP contribution >= 0.6 is 12.2 Å². The summed E-state index contributed by atoms with van der Waals surface area (Å²) in [5.74, 6) is -0.0630. The van der Waals surface area contributed by atoms with Crippen molar-refractivity contribution >= 4 is 46.1 Å². The Morgan fingerprint density at radius 1 is 1.18 bits per heavy atom. The van der Waals surface area contributed by atoms with E-state index in [0.29, 0.717) is 37.1 Å². The predicted molar refractivity (Wildman–Crippen MR) is 110 cm³/mol. The molecule has 0 spiro atoms. The Morgan fingerprint density at radius 3 is 2.57 bits per heavy atom. The third-order valence-corrected chi connectivity index (χ3v) is 5.79. The highest BCUT2D eigenvalue weighted by Gasteiger charge is 2.33. The maximum atomic E-state index is 12.7. The fourth-order valence-corrected chi connectivity index (χ4v) is 3.80. The van der Waals surface area contributed by atoms with Crippen molar-refractivity contribution in [2.45, 2.75) is 6.54 Å². The molecule has 3 heterocycles. The summed E-state index contributed by atoms with van der Waals surface area (Å²) >= 11 is 5.29. The van der Waals surface area contributed by atoms with E-state index < -0.39 is 0 Å². The van der Waals surface area contributed by atoms with Crippen LogP contribution in [0.15, 0.2) is 36.2 Å². The molecule has 0 radical (unpaired) electrons. The molecule has 2 saturated heterocycles. The van der Waals surface area contributed by atoms with E-state index in [1.807, 2.05) is 46.0 Å². The number of nitrogens with zero attached hydrogens (tertiary/aromatic N) is 4. The van der Waals surface area contributed by atoms with Crippen LogP contribution in [0.5, 0.6) is 0 Å². The van der Waals surface area contributed by atoms with E-state index in [4.69, 9.17) is 17.0 Å². The summed E-state index contributed by atoms with van der Waals surface area (Å²) in [6.07, 6.45) is 3.77. The Morgan fingerprint density at radius 2 is 1.89 bits per heavy atom. The minimum atomic E-state index is -0.131. The average molecular weight is 398 g/mol. The van der Waals surface area contributed by atoms with Gasteiger partial charge in [-0.3, -0.25) is 14.5 Å². The van der Waals surface area contributed by atoms with Crippen molar-refractivity contribution in [2.75, 3.05) is 40.4 Å². The van der Waals surface area contributed by atoms with Crippen molar-refractivity contribution < 1.29 is 14.3 Å². The van der Waals surface area contributed by atoms with Gasteiger partial charge < -0.3 is 19.1 Å². The number of morpholine rings is 1. The molecule has 0 atom stereocenters. The van der Waals surface area contributed by atoms with Gasteiger partial charge in [-0.1, -0.05) is 18.2 Å². The van der Waals surface area contributed by atoms with Crippen LogP contribution < -0.4 is 0 Å². The molecule has 2 aliphatic heterocycles. The third kappa shape index (κ3) is 3.18. The minimum Gasteiger partial charge on any atom is -0.378 e. The Labute approximate surface area is 168 Å². The number of likely N-dealkylation sites (N-methyl/N-ethyl adjacent to an activating group) is 2. The van der Waals surface area contributed by atoms with E-state index in [1.165, 1.54) is 4.90 Å². The third-order valence-electron chi connectivity index (χ3n) is 5.24. The summed E-state index contributed by atoms with van der Waals surface area (Å²) in [5.41, 5.74) is 2.37. The average Bonchev–Trinajstić information content (AvgIpc) is 3.15. The predicted octanol–water partition coefficient (Wildman–Crippen LogP) is 1.53. The number of fused-ring (bicyclic) bond motifs is 1. The molecule has 0 N–H and O–H groups in total. The van der Waals surface area contributed by atoms with Gasteiger partial charge in [-0.25, -0.2) is 0 Å². The summed E-state index contributed by atoms with van der Waals surface area (Å²) in [6, 6.07) is 7.89. The van der Waals surface area contributed by atoms with Gasteiger partial charge in [0.15, 0.2) is 5.11 Å². The van der Waals surface area contributed by atoms with Gasteiger partial charge in [0.25, 0.3) is 5.91 Å². The number of hydrogen-bond acceptors (Lipinski definition) is 4. The molecule has 2 aromatic rings. The molecule has 8 heteroatoms. The van der Waals surface area contributed by atoms with E-state index in [2.05, 4.69) is 0 Å². The lowest BCUT2D eigenvalue weighted by molar-refractivity contribution is -0.135. The number of carbonyl (C=O) groups is 2. The number of ether oxygens (including phenoxy) is 1. The van der Waals surface area contributed by atoms with E-state index in [1.54, 1.807) is 19.0 Å². The number of para-hydroxylation sites is 1. The van der Waals surface area contributed by atoms with Crippen molar-refractivity contribution in [3.63, 3.8) is 0 Å². The van der Waals surface area contributed by atoms with Crippen LogP contribution in [-0.4, -0.2) is 76.6 Å². The number of rotatable bonds is 3. The lowest BCUT2D eigenvalue weighted by Gasteiger charge is -2.27. The number of thiocarbonyl (C=S) groups is 1. The molecule has 2 aliphatic rings. The highest BCUT2D eigenvalue weighted by atomic mass is 32.1. The first-order valence-corrected chi connectivity index (χ1v) is 9.59. The molecular weight excluding hydrogens is 376 g/mol. The van der Waals surface area contributed by atoms with Gasteiger partial charge in [0, 0.05) is 49.8 Å². The summed E-state index contributed by atoms with van der Waals surface area (Å²) in [5, 5.41) is 1.47. The van der Waals surface area contributed by atoms with Crippen LogP contribution in [0.3, 0.4) is 0 Å². The Bertz CT molecular complexity index is 990. The van der Waals surface area contributed by atoms with Crippen LogP contribution in [0.25, 0.3) is 17.0 Å². The van der Waals surface area contributed by atoms with Crippen molar-refractivity contribution in [2.24, 2.45) is 0 Å². The van der Waals surface area contributed by atoms with Crippen molar-refractivity contribution in [1.29, 1.82) is 0 Å². The van der Waals surface area contributed by atoms with Crippen LogP contribution in [0.2, 0.25) is 0 Å². The van der Waals surface area contributed by atoms with Crippen LogP contribution in [-0.2, 0) is 20.9 Å². The zero-order valence-electron chi connectivity index (χ0n) is 15.9. The maximum absolute atomic E-state index is 12.7. The van der Waals surface area contributed by atoms with Gasteiger partial charge in [-0.2, -0.15) is 0 Å². The SMILES string of the molecule is CN1C(=O)/C(=C/c2cn(CC(=O)N3CCOCC3)c3ccccc23)N(C)C1=S. The molecule has 28 heavy (non-hydrogen) atoms. The minimum absolute atomic E-state index is 0.0678. The summed E-state index contributed by atoms with van der Waals surface area (Å²) in [4.78, 5) is 30.2. The molecule has 0 aliphatic carbocycles. The van der Waals surface area contributed by atoms with Gasteiger partial charge in [-0.05, 0) is 24.4 Å². The van der Waals surface area contributed by atoms with E-state index in [9.17, 15) is 9.59 Å². The summed E-state index contributed by atoms with van der Waals surface area (Å²) in [7, 11) is 3.46. The first-order valence-electron chi connectivity index (χ1n) is 9.18. The monoisotopic (exact) mass is 398 g/mol. The molecule has 0 bridgehead atoms. The zero-order valence-corrected chi connectivity index (χ0v) is 16.7. The molecule has 4 rings (SSSR count). The van der Waals surface area contributed by atoms with Crippen molar-refractivity contribution in [3.8, 4) is 0 Å². The van der Waals surface area contributed by atoms with Gasteiger partial charge in [-0.15, -0.1) is 0 Å². The first kappa shape index (κ1) is 18.6. The summed E-state index contributed by atoms with van der Waals surface area (Å²) < 4.78 is 7.27. The Kier molecular flexibility index (Phi) is 4.91. The lowest BCUT2D eigenvalue weighted by Crippen LogP contribution is -2.42. The van der Waals surface area contributed by atoms with Crippen molar-refractivity contribution in [1.82, 2.24) is 19.3 Å². The van der Waals surface area contributed by atoms with Gasteiger partial charge >= 0.3 is 0 Å². The standard InChI is InChI=1S/C20H22N4O3S/c1-21-17(19(26)22(2)20(21)28)11-14-12-24(16-6-4-3-5-15(14)16)13-18(25)23-7-9-27-10-8-23/h3-6,11-12H,7-10,13H2,1-2H3/b17-11-. The van der Waals surface area contributed by atoms with E-state index >= 15 is 0 Å². The molecule has 0 saturated carbocycles. The second-order valence-corrected chi connectivity index (χ2v) is 7.32. The lowest BCUT2D eigenvalue weighted by atomic mass is 10.1. The van der Waals surface area contributed by atoms with Crippen LogP contribution in [0, 0.1) is 0 Å². The van der Waals surface area contributed by atoms with E-state index in [-0.39, 0.29) is 18.4 Å². The zero-order chi connectivity index (χ0) is 19.8. The van der Waals surface area contributed by atoms with Gasteiger partial charge in [0.05, 0.1) is 13.2 Å². The smallest absolute Gasteiger partial charge is 0.276 e. The van der Waals surface area contributed by atoms with Crippen molar-refractivity contribution in [3.05, 3.63) is 41.7 Å². The van der Waals surface area contributed by atoms with Crippen LogP contribution in [0.4, 0.5) is 0 Å². The fraction of sp³-hybridized carbons (Fsp3) is 0.350. The first-order chi connectivity index (χ1) is 13.5. The summed E-state index contributed by atoms with van der Waals surface area (Å²) in [6.45, 7) is 2.66. The number of aromatic nitrogens is 1. The molecule has 146 valence electrons. The highest BCUT2D eigenvalue weighted by molar-refractivity contribution is 7.80. The molecule has 1 aromatic carbocycles. The van der Waals surface area contributed by atoms with Gasteiger partial charge in [0.1, 0.15) is 12.2 Å². The normalized spacial score (nSPS) is 19.4. The molecule has 0 unspecified atom stereocenters. The van der Waals surface area contributed by atoms with Gasteiger partial charge in [0.2, 0.25) is 5.91 Å². The fourth-order valence-electron chi connectivity index (χ4n) is 3.62. The number of amides is 2. The molecular formula is C20H22N4O3S. The number of carbonyl (C=O) groups excluding carboxylic acids is 2. The second kappa shape index (κ2) is 7.37. The molecule has 2 amide bonds. The highest BCUT2D eigenvalue weighted by Crippen LogP contribution is 2.27. The second-order valence-electron chi connectivity index (χ2n) is 6.96.